The molecule has 0 radical (unpaired) electrons. The number of nitrogens with zero attached hydrogens (tertiary/aromatic N) is 5. The predicted octanol–water partition coefficient (Wildman–Crippen LogP) is 3.63. The summed E-state index contributed by atoms with van der Waals surface area (Å²) < 4.78 is 33.5. The van der Waals surface area contributed by atoms with Gasteiger partial charge < -0.3 is 24.3 Å². The second-order valence-corrected chi connectivity index (χ2v) is 12.6. The third kappa shape index (κ3) is 4.79. The van der Waals surface area contributed by atoms with Crippen molar-refractivity contribution in [2.24, 2.45) is 9.36 Å². The van der Waals surface area contributed by atoms with E-state index in [-0.39, 0.29) is 19.2 Å². The highest BCUT2D eigenvalue weighted by Crippen LogP contribution is 2.40. The molecule has 202 valence electrons. The summed E-state index contributed by atoms with van der Waals surface area (Å²) in [5.41, 5.74) is 3.32. The van der Waals surface area contributed by atoms with Crippen molar-refractivity contribution in [3.05, 3.63) is 53.7 Å². The molecule has 2 saturated heterocycles. The zero-order valence-corrected chi connectivity index (χ0v) is 22.6. The van der Waals surface area contributed by atoms with Crippen molar-refractivity contribution in [1.29, 1.82) is 0 Å². The van der Waals surface area contributed by atoms with E-state index in [0.29, 0.717) is 27.6 Å². The first-order valence-corrected chi connectivity index (χ1v) is 14.7. The minimum absolute atomic E-state index is 0.0821. The van der Waals surface area contributed by atoms with E-state index in [0.717, 1.165) is 16.8 Å². The van der Waals surface area contributed by atoms with Gasteiger partial charge in [0.2, 0.25) is 5.72 Å². The van der Waals surface area contributed by atoms with Crippen LogP contribution in [0.25, 0.3) is 33.7 Å². The monoisotopic (exact) mass is 568 g/mol. The summed E-state index contributed by atoms with van der Waals surface area (Å²) in [5, 5.41) is 10.7. The van der Waals surface area contributed by atoms with Gasteiger partial charge in [0.1, 0.15) is 12.2 Å². The average molecular weight is 569 g/mol. The third-order valence-corrected chi connectivity index (χ3v) is 7.51. The van der Waals surface area contributed by atoms with Crippen molar-refractivity contribution in [3.63, 3.8) is 0 Å². The fourth-order valence-corrected chi connectivity index (χ4v) is 5.65. The number of aromatic nitrogens is 4. The molecule has 2 aliphatic heterocycles. The van der Waals surface area contributed by atoms with Crippen LogP contribution in [-0.2, 0) is 19.2 Å². The molecule has 4 aromatic rings. The van der Waals surface area contributed by atoms with Crippen LogP contribution in [0.2, 0.25) is 5.02 Å². The predicted molar refractivity (Wildman–Crippen MR) is 148 cm³/mol. The standard InChI is InChI=1S/C26H25ClN6O5S/c1-28-26-21(34)13-36-23(26)20(12-37-26)38-25-30-19-10-17(27)22(31-24(19)32-25)15-6-9-18(29-11-15)14-4-7-16(8-5-14)33-39(2,3)35/h4-11,20-21,23,34H,1,12-13H2,2-3H3,(H,30,31,32)/t20-,21-,23-,26-/m1/s1. The Labute approximate surface area is 229 Å². The molecule has 2 aliphatic rings. The molecular formula is C26H25ClN6O5S. The van der Waals surface area contributed by atoms with Crippen molar-refractivity contribution < 1.29 is 23.5 Å². The Morgan fingerprint density at radius 1 is 1.18 bits per heavy atom. The third-order valence-electron chi connectivity index (χ3n) is 6.58. The number of ether oxygens (including phenoxy) is 3. The minimum atomic E-state index is -2.23. The minimum Gasteiger partial charge on any atom is -0.456 e. The first kappa shape index (κ1) is 25.8. The van der Waals surface area contributed by atoms with Crippen LogP contribution in [0.4, 0.5) is 5.69 Å². The lowest BCUT2D eigenvalue weighted by atomic mass is 10.0. The maximum Gasteiger partial charge on any atom is 0.296 e. The Bertz CT molecular complexity index is 1680. The summed E-state index contributed by atoms with van der Waals surface area (Å²) in [7, 11) is -2.23. The van der Waals surface area contributed by atoms with Crippen LogP contribution < -0.4 is 4.74 Å². The summed E-state index contributed by atoms with van der Waals surface area (Å²) in [4.78, 5) is 20.7. The quantitative estimate of drug-likeness (QED) is 0.335. The number of imidazole rings is 1. The van der Waals surface area contributed by atoms with Gasteiger partial charge in [-0.15, -0.1) is 0 Å². The normalized spacial score (nSPS) is 24.6. The molecule has 6 rings (SSSR count). The molecule has 39 heavy (non-hydrogen) atoms. The van der Waals surface area contributed by atoms with Crippen molar-refractivity contribution in [2.75, 3.05) is 25.7 Å². The van der Waals surface area contributed by atoms with Crippen LogP contribution in [0, 0.1) is 0 Å². The van der Waals surface area contributed by atoms with Gasteiger partial charge in [-0.2, -0.15) is 9.35 Å². The van der Waals surface area contributed by atoms with Gasteiger partial charge in [0.15, 0.2) is 11.8 Å². The zero-order chi connectivity index (χ0) is 27.4. The van der Waals surface area contributed by atoms with Gasteiger partial charge in [0.05, 0.1) is 40.8 Å². The van der Waals surface area contributed by atoms with E-state index in [9.17, 15) is 9.32 Å². The SMILES string of the molecule is C=N[C@]12OC[C@@H](Oc3nc4nc(-c5ccc(-c6ccc(N=S(C)(C)=O)cc6)nc5)c(Cl)cc4[nH]3)[C@H]1OC[C@H]2O. The molecule has 0 spiro atoms. The molecule has 0 bridgehead atoms. The average Bonchev–Trinajstić information content (AvgIpc) is 3.56. The molecular weight excluding hydrogens is 544 g/mol. The molecule has 0 aliphatic carbocycles. The van der Waals surface area contributed by atoms with Crippen molar-refractivity contribution in [3.8, 4) is 28.5 Å². The largest absolute Gasteiger partial charge is 0.456 e. The second kappa shape index (κ2) is 9.65. The molecule has 2 fully saturated rings. The summed E-state index contributed by atoms with van der Waals surface area (Å²) in [6, 6.07) is 13.1. The molecule has 0 unspecified atom stereocenters. The number of aliphatic imine (C=N–C) groups is 1. The molecule has 13 heteroatoms. The molecule has 0 saturated carbocycles. The van der Waals surface area contributed by atoms with Crippen LogP contribution in [0.1, 0.15) is 0 Å². The smallest absolute Gasteiger partial charge is 0.296 e. The van der Waals surface area contributed by atoms with E-state index >= 15 is 0 Å². The van der Waals surface area contributed by atoms with E-state index in [1.54, 1.807) is 24.8 Å². The Hall–Kier alpha value is -3.42. The van der Waals surface area contributed by atoms with Gasteiger partial charge in [-0.05, 0) is 37.0 Å². The Balaban J connectivity index is 1.22. The van der Waals surface area contributed by atoms with E-state index < -0.39 is 33.8 Å². The van der Waals surface area contributed by atoms with Crippen LogP contribution in [0.5, 0.6) is 6.01 Å². The summed E-state index contributed by atoms with van der Waals surface area (Å²) in [6.07, 6.45) is 2.82. The van der Waals surface area contributed by atoms with Gasteiger partial charge >= 0.3 is 0 Å². The van der Waals surface area contributed by atoms with Crippen molar-refractivity contribution >= 4 is 44.9 Å². The lowest BCUT2D eigenvalue weighted by Crippen LogP contribution is -2.46. The summed E-state index contributed by atoms with van der Waals surface area (Å²) >= 11 is 6.57. The molecule has 3 aromatic heterocycles. The van der Waals surface area contributed by atoms with Gasteiger partial charge in [-0.1, -0.05) is 23.7 Å². The summed E-state index contributed by atoms with van der Waals surface area (Å²) in [6.45, 7) is 3.79. The second-order valence-electron chi connectivity index (χ2n) is 9.63. The Kier molecular flexibility index (Phi) is 6.39. The van der Waals surface area contributed by atoms with Crippen LogP contribution in [-0.4, -0.2) is 85.7 Å². The number of benzene rings is 1. The number of pyridine rings is 2. The lowest BCUT2D eigenvalue weighted by Gasteiger charge is -2.25. The van der Waals surface area contributed by atoms with E-state index in [4.69, 9.17) is 25.8 Å². The number of aliphatic hydroxyl groups is 1. The topological polar surface area (TPSA) is 144 Å². The van der Waals surface area contributed by atoms with Gasteiger partial charge in [0.25, 0.3) is 6.01 Å². The number of fused-ring (bicyclic) bond motifs is 2. The van der Waals surface area contributed by atoms with Crippen molar-refractivity contribution in [1.82, 2.24) is 19.9 Å². The molecule has 5 heterocycles. The highest BCUT2D eigenvalue weighted by molar-refractivity contribution is 7.92. The number of aliphatic hydroxyl groups excluding tert-OH is 1. The number of halogens is 1. The number of H-pyrrole nitrogens is 1. The van der Waals surface area contributed by atoms with Crippen LogP contribution >= 0.6 is 11.6 Å². The maximum absolute atomic E-state index is 11.9. The molecule has 4 atom stereocenters. The highest BCUT2D eigenvalue weighted by atomic mass is 35.5. The molecule has 0 amide bonds. The summed E-state index contributed by atoms with van der Waals surface area (Å²) in [5.74, 6) is 0. The molecule has 2 N–H and O–H groups in total. The zero-order valence-electron chi connectivity index (χ0n) is 21.1. The van der Waals surface area contributed by atoms with E-state index in [1.807, 2.05) is 36.4 Å². The first-order valence-electron chi connectivity index (χ1n) is 12.0. The number of rotatable bonds is 6. The fourth-order valence-electron chi connectivity index (χ4n) is 4.76. The lowest BCUT2D eigenvalue weighted by molar-refractivity contribution is -0.0686. The number of hydrogen-bond acceptors (Lipinski definition) is 10. The van der Waals surface area contributed by atoms with Crippen LogP contribution in [0.3, 0.4) is 0 Å². The highest BCUT2D eigenvalue weighted by Gasteiger charge is 2.61. The number of nitrogens with one attached hydrogen (secondary N) is 1. The van der Waals surface area contributed by atoms with Gasteiger partial charge in [-0.25, -0.2) is 9.19 Å². The Morgan fingerprint density at radius 3 is 2.64 bits per heavy atom. The molecule has 1 aromatic carbocycles. The molecule has 11 nitrogen and oxygen atoms in total. The number of hydrogen-bond donors (Lipinski definition) is 2. The first-order chi connectivity index (χ1) is 18.6. The Morgan fingerprint density at radius 2 is 1.95 bits per heavy atom. The van der Waals surface area contributed by atoms with Gasteiger partial charge in [-0.3, -0.25) is 9.98 Å². The van der Waals surface area contributed by atoms with E-state index in [1.165, 1.54) is 0 Å². The maximum atomic E-state index is 11.9. The van der Waals surface area contributed by atoms with Crippen molar-refractivity contribution in [2.45, 2.75) is 24.0 Å². The van der Waals surface area contributed by atoms with Gasteiger partial charge in [0, 0.05) is 39.6 Å². The number of aromatic amines is 1. The van der Waals surface area contributed by atoms with Crippen LogP contribution in [0.15, 0.2) is 58.0 Å². The van der Waals surface area contributed by atoms with E-state index in [2.05, 4.69) is 36.0 Å². The fraction of sp³-hybridized carbons (Fsp3) is 0.308.